The molecular formula is C13H12ClN3O2. The molecule has 0 spiro atoms. The number of benzene rings is 1. The first-order valence-corrected chi connectivity index (χ1v) is 5.92. The third-order valence-electron chi connectivity index (χ3n) is 2.50. The van der Waals surface area contributed by atoms with Crippen LogP contribution in [0.4, 0.5) is 11.5 Å². The molecule has 5 nitrogen and oxygen atoms in total. The fraction of sp³-hybridized carbons (Fsp3) is 0.154. The largest absolute Gasteiger partial charge is 0.464 e. The molecule has 1 aromatic carbocycles. The van der Waals surface area contributed by atoms with Gasteiger partial charge in [0.05, 0.1) is 30.2 Å². The van der Waals surface area contributed by atoms with Crippen LogP contribution in [0.3, 0.4) is 0 Å². The molecule has 2 aromatic rings. The molecule has 0 aliphatic heterocycles. The molecule has 1 N–H and O–H groups in total. The lowest BCUT2D eigenvalue weighted by Crippen LogP contribution is -2.07. The van der Waals surface area contributed by atoms with Crippen molar-refractivity contribution in [2.45, 2.75) is 6.92 Å². The van der Waals surface area contributed by atoms with E-state index < -0.39 is 5.97 Å². The van der Waals surface area contributed by atoms with Gasteiger partial charge in [0.2, 0.25) is 0 Å². The molecule has 0 saturated heterocycles. The molecule has 0 aliphatic carbocycles. The van der Waals surface area contributed by atoms with E-state index in [-0.39, 0.29) is 5.69 Å². The molecule has 0 unspecified atom stereocenters. The number of carbonyl (C=O) groups is 1. The van der Waals surface area contributed by atoms with Crippen LogP contribution in [0.1, 0.15) is 16.1 Å². The van der Waals surface area contributed by atoms with Crippen LogP contribution in [0.15, 0.2) is 30.6 Å². The zero-order valence-electron chi connectivity index (χ0n) is 10.5. The Morgan fingerprint density at radius 2 is 2.16 bits per heavy atom. The average Bonchev–Trinajstić information content (AvgIpc) is 2.42. The van der Waals surface area contributed by atoms with Crippen LogP contribution in [0, 0.1) is 6.92 Å². The van der Waals surface area contributed by atoms with Gasteiger partial charge in [0.25, 0.3) is 0 Å². The second-order valence-corrected chi connectivity index (χ2v) is 4.25. The van der Waals surface area contributed by atoms with Crippen LogP contribution < -0.4 is 5.32 Å². The number of nitrogens with zero attached hydrogens (tertiary/aromatic N) is 2. The highest BCUT2D eigenvalue weighted by molar-refractivity contribution is 6.33. The normalized spacial score (nSPS) is 10.1. The van der Waals surface area contributed by atoms with Crippen LogP contribution >= 0.6 is 11.6 Å². The zero-order valence-corrected chi connectivity index (χ0v) is 11.2. The number of anilines is 2. The predicted octanol–water partition coefficient (Wildman–Crippen LogP) is 2.97. The monoisotopic (exact) mass is 277 g/mol. The lowest BCUT2D eigenvalue weighted by Gasteiger charge is -2.10. The van der Waals surface area contributed by atoms with E-state index in [9.17, 15) is 4.79 Å². The first kappa shape index (κ1) is 13.3. The van der Waals surface area contributed by atoms with Gasteiger partial charge in [0, 0.05) is 0 Å². The number of hydrogen-bond donors (Lipinski definition) is 1. The second kappa shape index (κ2) is 5.67. The summed E-state index contributed by atoms with van der Waals surface area (Å²) in [5.41, 5.74) is 1.84. The van der Waals surface area contributed by atoms with E-state index in [1.165, 1.54) is 19.5 Å². The van der Waals surface area contributed by atoms with E-state index in [0.717, 1.165) is 11.3 Å². The van der Waals surface area contributed by atoms with Gasteiger partial charge in [-0.1, -0.05) is 23.7 Å². The lowest BCUT2D eigenvalue weighted by atomic mass is 10.2. The number of aryl methyl sites for hydroxylation is 1. The van der Waals surface area contributed by atoms with E-state index in [0.29, 0.717) is 10.8 Å². The van der Waals surface area contributed by atoms with Gasteiger partial charge in [-0.15, -0.1) is 0 Å². The standard InChI is InChI=1S/C13H12ClN3O2/c1-8-4-3-5-9(14)12(8)17-11-7-15-6-10(16-11)13(18)19-2/h3-7H,1-2H3,(H,16,17). The number of halogens is 1. The molecule has 0 amide bonds. The molecule has 0 radical (unpaired) electrons. The number of carbonyl (C=O) groups excluding carboxylic acids is 1. The number of nitrogens with one attached hydrogen (secondary N) is 1. The summed E-state index contributed by atoms with van der Waals surface area (Å²) in [5.74, 6) is -0.105. The molecule has 1 heterocycles. The van der Waals surface area contributed by atoms with Crippen molar-refractivity contribution < 1.29 is 9.53 Å². The predicted molar refractivity (Wildman–Crippen MR) is 72.8 cm³/mol. The maximum atomic E-state index is 11.4. The first-order chi connectivity index (χ1) is 9.11. The van der Waals surface area contributed by atoms with Crippen molar-refractivity contribution >= 4 is 29.1 Å². The topological polar surface area (TPSA) is 64.1 Å². The van der Waals surface area contributed by atoms with Gasteiger partial charge in [0.1, 0.15) is 5.82 Å². The minimum absolute atomic E-state index is 0.136. The quantitative estimate of drug-likeness (QED) is 0.874. The van der Waals surface area contributed by atoms with Gasteiger partial charge >= 0.3 is 5.97 Å². The summed E-state index contributed by atoms with van der Waals surface area (Å²) in [6, 6.07) is 5.56. The lowest BCUT2D eigenvalue weighted by molar-refractivity contribution is 0.0593. The molecular weight excluding hydrogens is 266 g/mol. The Bertz CT molecular complexity index is 596. The molecule has 6 heteroatoms. The number of hydrogen-bond acceptors (Lipinski definition) is 5. The Labute approximate surface area is 115 Å². The van der Waals surface area contributed by atoms with E-state index in [1.807, 2.05) is 19.1 Å². The first-order valence-electron chi connectivity index (χ1n) is 5.54. The van der Waals surface area contributed by atoms with E-state index in [1.54, 1.807) is 6.07 Å². The third-order valence-corrected chi connectivity index (χ3v) is 2.82. The molecule has 0 saturated carbocycles. The summed E-state index contributed by atoms with van der Waals surface area (Å²) < 4.78 is 4.59. The summed E-state index contributed by atoms with van der Waals surface area (Å²) in [4.78, 5) is 19.4. The fourth-order valence-electron chi connectivity index (χ4n) is 1.55. The number of methoxy groups -OCH3 is 1. The van der Waals surface area contributed by atoms with E-state index in [2.05, 4.69) is 20.0 Å². The van der Waals surface area contributed by atoms with Gasteiger partial charge in [0.15, 0.2) is 5.69 Å². The summed E-state index contributed by atoms with van der Waals surface area (Å²) >= 11 is 6.11. The van der Waals surface area contributed by atoms with Gasteiger partial charge in [-0.05, 0) is 18.6 Å². The van der Waals surface area contributed by atoms with Crippen molar-refractivity contribution in [1.29, 1.82) is 0 Å². The van der Waals surface area contributed by atoms with Crippen LogP contribution in [-0.4, -0.2) is 23.0 Å². The van der Waals surface area contributed by atoms with Crippen LogP contribution in [0.5, 0.6) is 0 Å². The SMILES string of the molecule is COC(=O)c1cncc(Nc2c(C)cccc2Cl)n1. The molecule has 1 aromatic heterocycles. The third kappa shape index (κ3) is 3.00. The van der Waals surface area contributed by atoms with Crippen molar-refractivity contribution in [3.05, 3.63) is 46.9 Å². The number of ether oxygens (including phenoxy) is 1. The highest BCUT2D eigenvalue weighted by Crippen LogP contribution is 2.27. The number of esters is 1. The molecule has 0 atom stereocenters. The maximum Gasteiger partial charge on any atom is 0.358 e. The summed E-state index contributed by atoms with van der Waals surface area (Å²) in [5, 5.41) is 3.62. The van der Waals surface area contributed by atoms with Crippen LogP contribution in [0.2, 0.25) is 5.02 Å². The van der Waals surface area contributed by atoms with Gasteiger partial charge in [-0.2, -0.15) is 0 Å². The fourth-order valence-corrected chi connectivity index (χ4v) is 1.82. The van der Waals surface area contributed by atoms with Crippen molar-refractivity contribution in [3.8, 4) is 0 Å². The van der Waals surface area contributed by atoms with Crippen molar-refractivity contribution in [2.75, 3.05) is 12.4 Å². The smallest absolute Gasteiger partial charge is 0.358 e. The summed E-state index contributed by atoms with van der Waals surface area (Å²) in [7, 11) is 1.29. The number of para-hydroxylation sites is 1. The van der Waals surface area contributed by atoms with Crippen LogP contribution in [0.25, 0.3) is 0 Å². The van der Waals surface area contributed by atoms with Crippen LogP contribution in [-0.2, 0) is 4.74 Å². The Hall–Kier alpha value is -2.14. The van der Waals surface area contributed by atoms with Gasteiger partial charge in [-0.3, -0.25) is 4.98 Å². The zero-order chi connectivity index (χ0) is 13.8. The molecule has 2 rings (SSSR count). The van der Waals surface area contributed by atoms with Crippen molar-refractivity contribution in [1.82, 2.24) is 9.97 Å². The summed E-state index contributed by atoms with van der Waals surface area (Å²) in [6.07, 6.45) is 2.85. The highest BCUT2D eigenvalue weighted by Gasteiger charge is 2.10. The average molecular weight is 278 g/mol. The van der Waals surface area contributed by atoms with E-state index >= 15 is 0 Å². The Morgan fingerprint density at radius 3 is 2.84 bits per heavy atom. The highest BCUT2D eigenvalue weighted by atomic mass is 35.5. The Morgan fingerprint density at radius 1 is 1.37 bits per heavy atom. The minimum Gasteiger partial charge on any atom is -0.464 e. The second-order valence-electron chi connectivity index (χ2n) is 3.84. The molecule has 19 heavy (non-hydrogen) atoms. The summed E-state index contributed by atoms with van der Waals surface area (Å²) in [6.45, 7) is 1.92. The Balaban J connectivity index is 2.31. The molecule has 0 bridgehead atoms. The molecule has 98 valence electrons. The Kier molecular flexibility index (Phi) is 3.97. The minimum atomic E-state index is -0.535. The van der Waals surface area contributed by atoms with Gasteiger partial charge in [-0.25, -0.2) is 9.78 Å². The number of aromatic nitrogens is 2. The van der Waals surface area contributed by atoms with Crippen molar-refractivity contribution in [2.24, 2.45) is 0 Å². The maximum absolute atomic E-state index is 11.4. The molecule has 0 aliphatic rings. The van der Waals surface area contributed by atoms with Gasteiger partial charge < -0.3 is 10.1 Å². The van der Waals surface area contributed by atoms with Crippen molar-refractivity contribution in [3.63, 3.8) is 0 Å². The molecule has 0 fully saturated rings. The van der Waals surface area contributed by atoms with E-state index in [4.69, 9.17) is 11.6 Å². The number of rotatable bonds is 3.